The molecule has 1 aromatic rings. The number of unbranched alkanes of at least 4 members (excludes halogenated alkanes) is 2. The van der Waals surface area contributed by atoms with Gasteiger partial charge in [0.1, 0.15) is 5.60 Å². The van der Waals surface area contributed by atoms with Crippen LogP contribution in [0.4, 0.5) is 5.69 Å². The van der Waals surface area contributed by atoms with Crippen molar-refractivity contribution in [3.63, 3.8) is 0 Å². The fraction of sp³-hybridized carbons (Fsp3) is 0.562. The topological polar surface area (TPSA) is 61.4 Å². The lowest BCUT2D eigenvalue weighted by Gasteiger charge is -2.27. The van der Waals surface area contributed by atoms with Gasteiger partial charge in [-0.2, -0.15) is 0 Å². The van der Waals surface area contributed by atoms with Gasteiger partial charge in [0.15, 0.2) is 0 Å². The van der Waals surface area contributed by atoms with Crippen molar-refractivity contribution < 1.29 is 9.90 Å². The quantitative estimate of drug-likeness (QED) is 0.606. The first kappa shape index (κ1) is 17.8. The van der Waals surface area contributed by atoms with Crippen LogP contribution in [0.1, 0.15) is 52.4 Å². The highest BCUT2D eigenvalue weighted by molar-refractivity contribution is 6.30. The van der Waals surface area contributed by atoms with Gasteiger partial charge in [-0.25, -0.2) is 0 Å². The van der Waals surface area contributed by atoms with E-state index < -0.39 is 5.60 Å². The van der Waals surface area contributed by atoms with Crippen molar-refractivity contribution in [3.8, 4) is 0 Å². The molecule has 0 unspecified atom stereocenters. The van der Waals surface area contributed by atoms with E-state index in [1.165, 1.54) is 0 Å². The third-order valence-corrected chi connectivity index (χ3v) is 3.73. The molecule has 0 heterocycles. The number of anilines is 1. The lowest BCUT2D eigenvalue weighted by atomic mass is 9.90. The molecule has 0 fully saturated rings. The molecule has 1 amide bonds. The smallest absolute Gasteiger partial charge is 0.270 e. The summed E-state index contributed by atoms with van der Waals surface area (Å²) in [5.74, 6) is -0.376. The molecule has 1 aromatic carbocycles. The Hall–Kier alpha value is -1.26. The maximum Gasteiger partial charge on any atom is 0.270 e. The third kappa shape index (κ3) is 5.94. The van der Waals surface area contributed by atoms with Crippen LogP contribution < -0.4 is 10.9 Å². The van der Waals surface area contributed by atoms with Gasteiger partial charge < -0.3 is 5.11 Å². The van der Waals surface area contributed by atoms with Crippen LogP contribution in [0.25, 0.3) is 0 Å². The molecular weight excluding hydrogens is 288 g/mol. The Bertz CT molecular complexity index is 426. The van der Waals surface area contributed by atoms with Crippen molar-refractivity contribution in [2.75, 3.05) is 5.43 Å². The molecule has 0 atom stereocenters. The first-order chi connectivity index (χ1) is 10.0. The Morgan fingerprint density at radius 3 is 2.14 bits per heavy atom. The number of aliphatic hydroxyl groups is 1. The SMILES string of the molecule is CCCCC(O)(CCCC)C(=O)NNc1ccc(Cl)cc1. The Morgan fingerprint density at radius 2 is 1.67 bits per heavy atom. The normalized spacial score (nSPS) is 11.2. The number of carbonyl (C=O) groups is 1. The van der Waals surface area contributed by atoms with Crippen LogP contribution in [0.5, 0.6) is 0 Å². The standard InChI is InChI=1S/C16H25ClN2O2/c1-3-5-11-16(21,12-6-4-2)15(20)19-18-14-9-7-13(17)8-10-14/h7-10,18,21H,3-6,11-12H2,1-2H3,(H,19,20). The maximum atomic E-state index is 12.3. The molecule has 0 aliphatic heterocycles. The zero-order valence-electron chi connectivity index (χ0n) is 12.8. The van der Waals surface area contributed by atoms with E-state index >= 15 is 0 Å². The molecule has 0 radical (unpaired) electrons. The largest absolute Gasteiger partial charge is 0.380 e. The van der Waals surface area contributed by atoms with Crippen LogP contribution in [0.15, 0.2) is 24.3 Å². The second kappa shape index (κ2) is 8.90. The van der Waals surface area contributed by atoms with Crippen molar-refractivity contribution in [1.29, 1.82) is 0 Å². The maximum absolute atomic E-state index is 12.3. The van der Waals surface area contributed by atoms with Crippen LogP contribution in [-0.4, -0.2) is 16.6 Å². The molecule has 118 valence electrons. The van der Waals surface area contributed by atoms with E-state index in [0.29, 0.717) is 17.9 Å². The molecule has 1 rings (SSSR count). The average molecular weight is 313 g/mol. The summed E-state index contributed by atoms with van der Waals surface area (Å²) in [4.78, 5) is 12.3. The molecule has 0 saturated carbocycles. The van der Waals surface area contributed by atoms with E-state index in [2.05, 4.69) is 10.9 Å². The fourth-order valence-corrected chi connectivity index (χ4v) is 2.19. The van der Waals surface area contributed by atoms with E-state index in [1.54, 1.807) is 24.3 Å². The van der Waals surface area contributed by atoms with Gasteiger partial charge in [0.25, 0.3) is 5.91 Å². The van der Waals surface area contributed by atoms with E-state index in [9.17, 15) is 9.90 Å². The predicted molar refractivity (Wildman–Crippen MR) is 87.2 cm³/mol. The number of hydrazine groups is 1. The molecule has 0 saturated heterocycles. The number of amides is 1. The molecule has 4 nitrogen and oxygen atoms in total. The first-order valence-corrected chi connectivity index (χ1v) is 7.94. The summed E-state index contributed by atoms with van der Waals surface area (Å²) in [6.07, 6.45) is 4.52. The summed E-state index contributed by atoms with van der Waals surface area (Å²) in [6, 6.07) is 6.99. The molecule has 0 aliphatic carbocycles. The number of hydrogen-bond acceptors (Lipinski definition) is 3. The average Bonchev–Trinajstić information content (AvgIpc) is 2.50. The van der Waals surface area contributed by atoms with Crippen molar-refractivity contribution in [2.24, 2.45) is 0 Å². The van der Waals surface area contributed by atoms with E-state index in [0.717, 1.165) is 31.4 Å². The summed E-state index contributed by atoms with van der Waals surface area (Å²) in [6.45, 7) is 4.09. The minimum absolute atomic E-state index is 0.376. The summed E-state index contributed by atoms with van der Waals surface area (Å²) >= 11 is 5.81. The van der Waals surface area contributed by atoms with E-state index in [-0.39, 0.29) is 5.91 Å². The Balaban J connectivity index is 2.60. The van der Waals surface area contributed by atoms with Gasteiger partial charge >= 0.3 is 0 Å². The van der Waals surface area contributed by atoms with Crippen molar-refractivity contribution in [2.45, 2.75) is 58.0 Å². The lowest BCUT2D eigenvalue weighted by molar-refractivity contribution is -0.141. The minimum atomic E-state index is -1.30. The molecule has 0 aromatic heterocycles. The highest BCUT2D eigenvalue weighted by atomic mass is 35.5. The van der Waals surface area contributed by atoms with Crippen LogP contribution in [0, 0.1) is 0 Å². The van der Waals surface area contributed by atoms with Crippen LogP contribution in [-0.2, 0) is 4.79 Å². The highest BCUT2D eigenvalue weighted by Crippen LogP contribution is 2.22. The Labute approximate surface area is 131 Å². The van der Waals surface area contributed by atoms with Gasteiger partial charge in [-0.15, -0.1) is 0 Å². The summed E-state index contributed by atoms with van der Waals surface area (Å²) in [5, 5.41) is 11.2. The first-order valence-electron chi connectivity index (χ1n) is 7.56. The molecule has 21 heavy (non-hydrogen) atoms. The number of benzene rings is 1. The molecule has 0 aliphatic rings. The second-order valence-corrected chi connectivity index (χ2v) is 5.76. The van der Waals surface area contributed by atoms with Crippen LogP contribution in [0.3, 0.4) is 0 Å². The van der Waals surface area contributed by atoms with Gasteiger partial charge in [0.05, 0.1) is 5.69 Å². The van der Waals surface area contributed by atoms with Gasteiger partial charge in [-0.05, 0) is 37.1 Å². The van der Waals surface area contributed by atoms with Gasteiger partial charge in [0, 0.05) is 5.02 Å². The number of hydrogen-bond donors (Lipinski definition) is 3. The zero-order chi connectivity index (χ0) is 15.7. The van der Waals surface area contributed by atoms with Gasteiger partial charge in [-0.3, -0.25) is 15.6 Å². The molecule has 5 heteroatoms. The van der Waals surface area contributed by atoms with Crippen LogP contribution >= 0.6 is 11.6 Å². The van der Waals surface area contributed by atoms with E-state index in [1.807, 2.05) is 13.8 Å². The van der Waals surface area contributed by atoms with Crippen LogP contribution in [0.2, 0.25) is 5.02 Å². The summed E-state index contributed by atoms with van der Waals surface area (Å²) < 4.78 is 0. The lowest BCUT2D eigenvalue weighted by Crippen LogP contribution is -2.48. The number of halogens is 1. The Kier molecular flexibility index (Phi) is 7.54. The molecule has 0 spiro atoms. The van der Waals surface area contributed by atoms with E-state index in [4.69, 9.17) is 11.6 Å². The number of carbonyl (C=O) groups excluding carboxylic acids is 1. The minimum Gasteiger partial charge on any atom is -0.380 e. The zero-order valence-corrected chi connectivity index (χ0v) is 13.5. The van der Waals surface area contributed by atoms with Gasteiger partial charge in [0.2, 0.25) is 0 Å². The predicted octanol–water partition coefficient (Wildman–Crippen LogP) is 3.89. The van der Waals surface area contributed by atoms with Crippen molar-refractivity contribution in [3.05, 3.63) is 29.3 Å². The van der Waals surface area contributed by atoms with Crippen molar-refractivity contribution >= 4 is 23.2 Å². The number of nitrogens with one attached hydrogen (secondary N) is 2. The summed E-state index contributed by atoms with van der Waals surface area (Å²) in [7, 11) is 0. The summed E-state index contributed by atoms with van der Waals surface area (Å²) in [5.41, 5.74) is 4.83. The molecular formula is C16H25ClN2O2. The number of rotatable bonds is 9. The highest BCUT2D eigenvalue weighted by Gasteiger charge is 2.34. The Morgan fingerprint density at radius 1 is 1.14 bits per heavy atom. The third-order valence-electron chi connectivity index (χ3n) is 3.48. The second-order valence-electron chi connectivity index (χ2n) is 5.32. The fourth-order valence-electron chi connectivity index (χ4n) is 2.07. The van der Waals surface area contributed by atoms with Crippen molar-refractivity contribution in [1.82, 2.24) is 5.43 Å². The monoisotopic (exact) mass is 312 g/mol. The molecule has 3 N–H and O–H groups in total. The van der Waals surface area contributed by atoms with Gasteiger partial charge in [-0.1, -0.05) is 51.1 Å². The molecule has 0 bridgehead atoms.